The van der Waals surface area contributed by atoms with E-state index in [-0.39, 0.29) is 11.9 Å². The predicted octanol–water partition coefficient (Wildman–Crippen LogP) is 4.05. The minimum atomic E-state index is -0.187. The molecule has 1 atom stereocenters. The predicted molar refractivity (Wildman–Crippen MR) is 96.6 cm³/mol. The fourth-order valence-electron chi connectivity index (χ4n) is 2.53. The van der Waals surface area contributed by atoms with Crippen molar-refractivity contribution in [2.24, 2.45) is 0 Å². The molecule has 0 bridgehead atoms. The summed E-state index contributed by atoms with van der Waals surface area (Å²) < 4.78 is 1.82. The first-order valence-corrected chi connectivity index (χ1v) is 8.05. The third kappa shape index (κ3) is 3.35. The number of para-hydroxylation sites is 1. The Morgan fingerprint density at radius 2 is 2.08 bits per heavy atom. The molecule has 122 valence electrons. The Labute approximate surface area is 141 Å². The molecule has 0 saturated heterocycles. The monoisotopic (exact) mass is 320 g/mol. The first-order valence-electron chi connectivity index (χ1n) is 8.05. The molecule has 0 fully saturated rings. The van der Waals surface area contributed by atoms with Crippen LogP contribution in [0.2, 0.25) is 0 Å². The number of hydrogen-bond acceptors (Lipinski definition) is 3. The van der Waals surface area contributed by atoms with Crippen LogP contribution in [0.1, 0.15) is 31.9 Å². The van der Waals surface area contributed by atoms with E-state index in [1.165, 1.54) is 6.08 Å². The van der Waals surface area contributed by atoms with Gasteiger partial charge in [-0.3, -0.25) is 9.78 Å². The van der Waals surface area contributed by atoms with E-state index in [0.717, 1.165) is 22.9 Å². The number of aromatic nitrogens is 3. The summed E-state index contributed by atoms with van der Waals surface area (Å²) in [5.41, 5.74) is 1.80. The molecule has 0 spiro atoms. The van der Waals surface area contributed by atoms with Gasteiger partial charge in [-0.25, -0.2) is 4.68 Å². The molecule has 3 rings (SSSR count). The number of carbonyl (C=O) groups excluding carboxylic acids is 1. The molecule has 0 radical (unpaired) electrons. The summed E-state index contributed by atoms with van der Waals surface area (Å²) in [4.78, 5) is 16.6. The van der Waals surface area contributed by atoms with Crippen molar-refractivity contribution in [1.29, 1.82) is 0 Å². The molecule has 2 aromatic heterocycles. The van der Waals surface area contributed by atoms with Crippen molar-refractivity contribution in [3.05, 3.63) is 60.4 Å². The number of rotatable bonds is 5. The number of benzene rings is 1. The Kier molecular flexibility index (Phi) is 4.70. The van der Waals surface area contributed by atoms with E-state index in [0.29, 0.717) is 5.82 Å². The summed E-state index contributed by atoms with van der Waals surface area (Å²) >= 11 is 0. The maximum atomic E-state index is 12.2. The Morgan fingerprint density at radius 1 is 1.25 bits per heavy atom. The van der Waals surface area contributed by atoms with E-state index in [2.05, 4.69) is 29.2 Å². The Balaban J connectivity index is 1.77. The van der Waals surface area contributed by atoms with Gasteiger partial charge in [0.25, 0.3) is 0 Å². The number of carbonyl (C=O) groups is 1. The number of pyridine rings is 1. The van der Waals surface area contributed by atoms with Gasteiger partial charge in [0, 0.05) is 29.3 Å². The van der Waals surface area contributed by atoms with Gasteiger partial charge >= 0.3 is 0 Å². The molecular formula is C19H20N4O. The van der Waals surface area contributed by atoms with Crippen LogP contribution in [-0.2, 0) is 4.79 Å². The highest BCUT2D eigenvalue weighted by Gasteiger charge is 2.09. The third-order valence-corrected chi connectivity index (χ3v) is 4.01. The Hall–Kier alpha value is -2.95. The van der Waals surface area contributed by atoms with Crippen LogP contribution < -0.4 is 5.32 Å². The van der Waals surface area contributed by atoms with Crippen molar-refractivity contribution in [3.8, 4) is 0 Å². The van der Waals surface area contributed by atoms with Crippen LogP contribution in [0.4, 0.5) is 5.82 Å². The molecule has 1 amide bonds. The molecule has 5 heteroatoms. The van der Waals surface area contributed by atoms with Gasteiger partial charge in [-0.15, -0.1) is 0 Å². The zero-order chi connectivity index (χ0) is 16.9. The van der Waals surface area contributed by atoms with E-state index in [1.807, 2.05) is 35.0 Å². The molecule has 2 heterocycles. The minimum absolute atomic E-state index is 0.187. The van der Waals surface area contributed by atoms with Crippen molar-refractivity contribution < 1.29 is 4.79 Å². The van der Waals surface area contributed by atoms with Gasteiger partial charge < -0.3 is 5.32 Å². The van der Waals surface area contributed by atoms with Gasteiger partial charge in [0.15, 0.2) is 0 Å². The van der Waals surface area contributed by atoms with E-state index in [9.17, 15) is 4.79 Å². The number of amides is 1. The van der Waals surface area contributed by atoms with Gasteiger partial charge in [-0.1, -0.05) is 31.2 Å². The van der Waals surface area contributed by atoms with Crippen molar-refractivity contribution in [2.75, 3.05) is 5.32 Å². The van der Waals surface area contributed by atoms with Gasteiger partial charge in [0.05, 0.1) is 17.8 Å². The van der Waals surface area contributed by atoms with Crippen LogP contribution in [0.25, 0.3) is 17.0 Å². The first-order chi connectivity index (χ1) is 11.7. The lowest BCUT2D eigenvalue weighted by molar-refractivity contribution is -0.111. The van der Waals surface area contributed by atoms with E-state index in [4.69, 9.17) is 0 Å². The highest BCUT2D eigenvalue weighted by Crippen LogP contribution is 2.18. The third-order valence-electron chi connectivity index (χ3n) is 4.01. The Bertz CT molecular complexity index is 876. The molecule has 0 saturated carbocycles. The van der Waals surface area contributed by atoms with Gasteiger partial charge in [0.1, 0.15) is 5.82 Å². The number of nitrogens with one attached hydrogen (secondary N) is 1. The van der Waals surface area contributed by atoms with Gasteiger partial charge in [-0.2, -0.15) is 5.10 Å². The zero-order valence-electron chi connectivity index (χ0n) is 13.8. The molecular weight excluding hydrogens is 300 g/mol. The van der Waals surface area contributed by atoms with Crippen molar-refractivity contribution in [2.45, 2.75) is 26.3 Å². The van der Waals surface area contributed by atoms with Crippen LogP contribution in [0.3, 0.4) is 0 Å². The summed E-state index contributed by atoms with van der Waals surface area (Å²) in [5, 5.41) is 8.20. The highest BCUT2D eigenvalue weighted by molar-refractivity contribution is 6.02. The number of nitrogens with zero attached hydrogens (tertiary/aromatic N) is 3. The second kappa shape index (κ2) is 7.08. The maximum Gasteiger partial charge on any atom is 0.249 e. The largest absolute Gasteiger partial charge is 0.307 e. The maximum absolute atomic E-state index is 12.2. The molecule has 1 unspecified atom stereocenters. The first kappa shape index (κ1) is 15.9. The lowest BCUT2D eigenvalue weighted by atomic mass is 10.1. The zero-order valence-corrected chi connectivity index (χ0v) is 13.8. The molecule has 1 N–H and O–H groups in total. The summed E-state index contributed by atoms with van der Waals surface area (Å²) in [5.74, 6) is 0.517. The molecule has 24 heavy (non-hydrogen) atoms. The highest BCUT2D eigenvalue weighted by atomic mass is 16.1. The lowest BCUT2D eigenvalue weighted by Crippen LogP contribution is -2.15. The molecule has 1 aromatic carbocycles. The second-order valence-electron chi connectivity index (χ2n) is 5.66. The average Bonchev–Trinajstić information content (AvgIpc) is 3.07. The number of anilines is 1. The number of hydrogen-bond donors (Lipinski definition) is 1. The standard InChI is InChI=1S/C19H20N4O/c1-3-14(2)23-17(11-13-21-23)22-18(24)10-9-16-7-4-6-15-8-5-12-20-19(15)16/h4-14H,3H2,1-2H3,(H,22,24)/b10-9+. The lowest BCUT2D eigenvalue weighted by Gasteiger charge is -2.13. The summed E-state index contributed by atoms with van der Waals surface area (Å²) in [6.07, 6.45) is 7.71. The van der Waals surface area contributed by atoms with Crippen LogP contribution in [-0.4, -0.2) is 20.7 Å². The quantitative estimate of drug-likeness (QED) is 0.721. The molecule has 0 aliphatic rings. The molecule has 5 nitrogen and oxygen atoms in total. The average molecular weight is 320 g/mol. The van der Waals surface area contributed by atoms with E-state index < -0.39 is 0 Å². The van der Waals surface area contributed by atoms with Gasteiger partial charge in [0.2, 0.25) is 5.91 Å². The topological polar surface area (TPSA) is 59.8 Å². The summed E-state index contributed by atoms with van der Waals surface area (Å²) in [6, 6.07) is 11.9. The van der Waals surface area contributed by atoms with Crippen molar-refractivity contribution in [1.82, 2.24) is 14.8 Å². The van der Waals surface area contributed by atoms with Crippen LogP contribution >= 0.6 is 0 Å². The van der Waals surface area contributed by atoms with E-state index >= 15 is 0 Å². The normalized spacial score (nSPS) is 12.6. The smallest absolute Gasteiger partial charge is 0.249 e. The Morgan fingerprint density at radius 3 is 2.92 bits per heavy atom. The number of fused-ring (bicyclic) bond motifs is 1. The van der Waals surface area contributed by atoms with Crippen LogP contribution in [0, 0.1) is 0 Å². The molecule has 0 aliphatic heterocycles. The van der Waals surface area contributed by atoms with Crippen molar-refractivity contribution >= 4 is 28.7 Å². The minimum Gasteiger partial charge on any atom is -0.307 e. The van der Waals surface area contributed by atoms with Gasteiger partial charge in [-0.05, 0) is 25.5 Å². The van der Waals surface area contributed by atoms with Crippen molar-refractivity contribution in [3.63, 3.8) is 0 Å². The molecule has 3 aromatic rings. The fraction of sp³-hybridized carbons (Fsp3) is 0.211. The van der Waals surface area contributed by atoms with E-state index in [1.54, 1.807) is 24.5 Å². The summed E-state index contributed by atoms with van der Waals surface area (Å²) in [6.45, 7) is 4.16. The SMILES string of the molecule is CCC(C)n1nccc1NC(=O)/C=C/c1cccc2cccnc12. The second-order valence-corrected chi connectivity index (χ2v) is 5.66. The summed E-state index contributed by atoms with van der Waals surface area (Å²) in [7, 11) is 0. The molecule has 0 aliphatic carbocycles. The van der Waals surface area contributed by atoms with Crippen LogP contribution in [0.15, 0.2) is 54.9 Å². The van der Waals surface area contributed by atoms with Crippen LogP contribution in [0.5, 0.6) is 0 Å². The fourth-order valence-corrected chi connectivity index (χ4v) is 2.53.